The molecule has 25 heavy (non-hydrogen) atoms. The Morgan fingerprint density at radius 2 is 1.60 bits per heavy atom. The molecule has 0 aromatic heterocycles. The van der Waals surface area contributed by atoms with Crippen LogP contribution in [0.3, 0.4) is 0 Å². The summed E-state index contributed by atoms with van der Waals surface area (Å²) in [5.74, 6) is 0.808. The van der Waals surface area contributed by atoms with Gasteiger partial charge in [0.1, 0.15) is 12.4 Å². The molecule has 0 amide bonds. The zero-order chi connectivity index (χ0) is 17.5. The molecule has 3 rings (SSSR count). The summed E-state index contributed by atoms with van der Waals surface area (Å²) in [5.41, 5.74) is 3.63. The maximum atomic E-state index is 9.42. The van der Waals surface area contributed by atoms with Gasteiger partial charge in [-0.1, -0.05) is 70.5 Å². The average Bonchev–Trinajstić information content (AvgIpc) is 2.67. The molecule has 0 heterocycles. The van der Waals surface area contributed by atoms with Crippen molar-refractivity contribution in [3.63, 3.8) is 0 Å². The number of hydrogen-bond donors (Lipinski definition) is 0. The van der Waals surface area contributed by atoms with Gasteiger partial charge in [-0.15, -0.1) is 0 Å². The van der Waals surface area contributed by atoms with Gasteiger partial charge in [-0.25, -0.2) is 0 Å². The topological polar surface area (TPSA) is 33.0 Å². The van der Waals surface area contributed by atoms with Crippen LogP contribution in [0, 0.1) is 11.3 Å². The second-order valence-electron chi connectivity index (χ2n) is 5.52. The van der Waals surface area contributed by atoms with Crippen LogP contribution in [0.15, 0.2) is 83.3 Å². The third kappa shape index (κ3) is 4.82. The highest BCUT2D eigenvalue weighted by atomic mass is 79.9. The summed E-state index contributed by atoms with van der Waals surface area (Å²) < 4.78 is 6.78. The molecule has 0 atom stereocenters. The van der Waals surface area contributed by atoms with E-state index in [4.69, 9.17) is 4.74 Å². The van der Waals surface area contributed by atoms with Gasteiger partial charge in [-0.3, -0.25) is 0 Å². The number of benzene rings is 3. The first kappa shape index (κ1) is 17.0. The summed E-state index contributed by atoms with van der Waals surface area (Å²) in [7, 11) is 0. The zero-order valence-corrected chi connectivity index (χ0v) is 15.1. The van der Waals surface area contributed by atoms with Crippen LogP contribution in [0.5, 0.6) is 5.75 Å². The molecule has 0 aliphatic carbocycles. The first-order valence-corrected chi connectivity index (χ1v) is 8.68. The lowest BCUT2D eigenvalue weighted by Crippen LogP contribution is -1.94. The lowest BCUT2D eigenvalue weighted by Gasteiger charge is -2.06. The van der Waals surface area contributed by atoms with E-state index in [1.165, 1.54) is 0 Å². The van der Waals surface area contributed by atoms with Crippen molar-refractivity contribution in [1.29, 1.82) is 5.26 Å². The van der Waals surface area contributed by atoms with Crippen LogP contribution in [0.25, 0.3) is 11.6 Å². The first-order chi connectivity index (χ1) is 12.2. The second-order valence-corrected chi connectivity index (χ2v) is 6.44. The Morgan fingerprint density at radius 3 is 2.24 bits per heavy atom. The number of nitrogens with zero attached hydrogens (tertiary/aromatic N) is 1. The van der Waals surface area contributed by atoms with E-state index in [0.717, 1.165) is 26.9 Å². The van der Waals surface area contributed by atoms with Crippen LogP contribution in [0.1, 0.15) is 16.7 Å². The molecule has 122 valence electrons. The molecule has 0 aliphatic rings. The van der Waals surface area contributed by atoms with E-state index in [0.29, 0.717) is 12.2 Å². The van der Waals surface area contributed by atoms with Gasteiger partial charge in [0.05, 0.1) is 11.6 Å². The molecular formula is C22H16BrNO. The first-order valence-electron chi connectivity index (χ1n) is 7.89. The van der Waals surface area contributed by atoms with E-state index >= 15 is 0 Å². The second kappa shape index (κ2) is 8.32. The van der Waals surface area contributed by atoms with Crippen LogP contribution in [0.2, 0.25) is 0 Å². The smallest absolute Gasteiger partial charge is 0.119 e. The molecule has 3 heteroatoms. The van der Waals surface area contributed by atoms with Gasteiger partial charge in [0.2, 0.25) is 0 Å². The number of halogens is 1. The molecule has 0 N–H and O–H groups in total. The number of hydrogen-bond acceptors (Lipinski definition) is 2. The molecular weight excluding hydrogens is 374 g/mol. The fraction of sp³-hybridized carbons (Fsp3) is 0.0455. The van der Waals surface area contributed by atoms with E-state index in [9.17, 15) is 5.26 Å². The van der Waals surface area contributed by atoms with Crippen LogP contribution >= 0.6 is 15.9 Å². The third-order valence-electron chi connectivity index (χ3n) is 3.72. The largest absolute Gasteiger partial charge is 0.489 e. The molecule has 0 fully saturated rings. The van der Waals surface area contributed by atoms with E-state index in [1.54, 1.807) is 0 Å². The minimum Gasteiger partial charge on any atom is -0.489 e. The van der Waals surface area contributed by atoms with Gasteiger partial charge in [-0.2, -0.15) is 5.26 Å². The molecule has 0 aliphatic heterocycles. The van der Waals surface area contributed by atoms with Gasteiger partial charge in [0, 0.05) is 4.47 Å². The SMILES string of the molecule is N#C/C(=C/c1ccc(OCc2ccccc2)cc1)c1ccc(Br)cc1. The highest BCUT2D eigenvalue weighted by Crippen LogP contribution is 2.21. The number of rotatable bonds is 5. The van der Waals surface area contributed by atoms with Crippen molar-refractivity contribution in [2.45, 2.75) is 6.61 Å². The average molecular weight is 390 g/mol. The summed E-state index contributed by atoms with van der Waals surface area (Å²) in [6, 6.07) is 27.8. The van der Waals surface area contributed by atoms with Crippen molar-refractivity contribution >= 4 is 27.6 Å². The van der Waals surface area contributed by atoms with E-state index in [-0.39, 0.29) is 0 Å². The predicted molar refractivity (Wildman–Crippen MR) is 105 cm³/mol. The quantitative estimate of drug-likeness (QED) is 0.390. The van der Waals surface area contributed by atoms with Gasteiger partial charge in [0.15, 0.2) is 0 Å². The third-order valence-corrected chi connectivity index (χ3v) is 4.24. The molecule has 3 aromatic carbocycles. The standard InChI is InChI=1S/C22H16BrNO/c23-21-10-8-19(9-11-21)20(15-24)14-17-6-12-22(13-7-17)25-16-18-4-2-1-3-5-18/h1-14H,16H2/b20-14-. The van der Waals surface area contributed by atoms with Crippen LogP contribution in [0.4, 0.5) is 0 Å². The summed E-state index contributed by atoms with van der Waals surface area (Å²) >= 11 is 3.41. The highest BCUT2D eigenvalue weighted by molar-refractivity contribution is 9.10. The Balaban J connectivity index is 1.71. The van der Waals surface area contributed by atoms with E-state index in [1.807, 2.05) is 84.9 Å². The van der Waals surface area contributed by atoms with Crippen molar-refractivity contribution < 1.29 is 4.74 Å². The molecule has 0 bridgehead atoms. The van der Waals surface area contributed by atoms with Crippen molar-refractivity contribution in [3.8, 4) is 11.8 Å². The molecule has 0 saturated heterocycles. The van der Waals surface area contributed by atoms with E-state index < -0.39 is 0 Å². The Bertz CT molecular complexity index is 892. The fourth-order valence-electron chi connectivity index (χ4n) is 2.38. The van der Waals surface area contributed by atoms with Gasteiger partial charge < -0.3 is 4.74 Å². The lowest BCUT2D eigenvalue weighted by atomic mass is 10.0. The molecule has 3 aromatic rings. The highest BCUT2D eigenvalue weighted by Gasteiger charge is 2.02. The number of ether oxygens (including phenoxy) is 1. The molecule has 0 radical (unpaired) electrons. The van der Waals surface area contributed by atoms with Crippen LogP contribution in [-0.2, 0) is 6.61 Å². The Morgan fingerprint density at radius 1 is 0.920 bits per heavy atom. The molecule has 0 spiro atoms. The summed E-state index contributed by atoms with van der Waals surface area (Å²) in [6.07, 6.45) is 1.88. The van der Waals surface area contributed by atoms with Crippen LogP contribution in [-0.4, -0.2) is 0 Å². The Hall–Kier alpha value is -2.83. The fourth-order valence-corrected chi connectivity index (χ4v) is 2.64. The summed E-state index contributed by atoms with van der Waals surface area (Å²) in [5, 5.41) is 9.42. The molecule has 0 unspecified atom stereocenters. The monoisotopic (exact) mass is 389 g/mol. The summed E-state index contributed by atoms with van der Waals surface area (Å²) in [6.45, 7) is 0.540. The normalized spacial score (nSPS) is 11.0. The predicted octanol–water partition coefficient (Wildman–Crippen LogP) is 6.09. The van der Waals surface area contributed by atoms with Crippen molar-refractivity contribution in [2.75, 3.05) is 0 Å². The maximum Gasteiger partial charge on any atom is 0.119 e. The minimum absolute atomic E-state index is 0.540. The van der Waals surface area contributed by atoms with Gasteiger partial charge >= 0.3 is 0 Å². The zero-order valence-electron chi connectivity index (χ0n) is 13.5. The number of nitriles is 1. The summed E-state index contributed by atoms with van der Waals surface area (Å²) in [4.78, 5) is 0. The van der Waals surface area contributed by atoms with Gasteiger partial charge in [-0.05, 0) is 47.0 Å². The number of allylic oxidation sites excluding steroid dienone is 1. The Labute approximate surface area is 156 Å². The molecule has 2 nitrogen and oxygen atoms in total. The lowest BCUT2D eigenvalue weighted by molar-refractivity contribution is 0.306. The van der Waals surface area contributed by atoms with E-state index in [2.05, 4.69) is 22.0 Å². The Kier molecular flexibility index (Phi) is 5.66. The van der Waals surface area contributed by atoms with Crippen molar-refractivity contribution in [3.05, 3.63) is 100 Å². The van der Waals surface area contributed by atoms with Crippen LogP contribution < -0.4 is 4.74 Å². The van der Waals surface area contributed by atoms with Gasteiger partial charge in [0.25, 0.3) is 0 Å². The van der Waals surface area contributed by atoms with Crippen molar-refractivity contribution in [2.24, 2.45) is 0 Å². The molecule has 0 saturated carbocycles. The maximum absolute atomic E-state index is 9.42. The minimum atomic E-state index is 0.540. The van der Waals surface area contributed by atoms with Crippen molar-refractivity contribution in [1.82, 2.24) is 0 Å².